The Balaban J connectivity index is 1.30. The van der Waals surface area contributed by atoms with E-state index < -0.39 is 0 Å². The third kappa shape index (κ3) is 4.33. The number of hydrogen-bond acceptors (Lipinski definition) is 7. The summed E-state index contributed by atoms with van der Waals surface area (Å²) in [6.45, 7) is 6.38. The molecule has 0 spiro atoms. The Morgan fingerprint density at radius 3 is 2.50 bits per heavy atom. The van der Waals surface area contributed by atoms with Gasteiger partial charge in [-0.1, -0.05) is 18.2 Å². The summed E-state index contributed by atoms with van der Waals surface area (Å²) in [6, 6.07) is 18.7. The van der Waals surface area contributed by atoms with Crippen LogP contribution in [0.1, 0.15) is 5.56 Å². The van der Waals surface area contributed by atoms with Gasteiger partial charge in [-0.15, -0.1) is 0 Å². The zero-order valence-electron chi connectivity index (χ0n) is 18.4. The van der Waals surface area contributed by atoms with Crippen molar-refractivity contribution in [3.8, 4) is 0 Å². The van der Waals surface area contributed by atoms with Crippen LogP contribution in [0.15, 0.2) is 67.0 Å². The first-order valence-electron chi connectivity index (χ1n) is 10.9. The highest BCUT2D eigenvalue weighted by Gasteiger charge is 2.14. The Bertz CT molecular complexity index is 1210. The van der Waals surface area contributed by atoms with E-state index in [4.69, 9.17) is 0 Å². The fourth-order valence-corrected chi connectivity index (χ4v) is 4.02. The second kappa shape index (κ2) is 8.80. The fraction of sp³-hybridized carbons (Fsp3) is 0.240. The lowest BCUT2D eigenvalue weighted by Gasteiger charge is -2.34. The fourth-order valence-electron chi connectivity index (χ4n) is 4.02. The zero-order valence-corrected chi connectivity index (χ0v) is 18.4. The van der Waals surface area contributed by atoms with Gasteiger partial charge in [0.05, 0.1) is 17.4 Å². The summed E-state index contributed by atoms with van der Waals surface area (Å²) in [4.78, 5) is 9.28. The molecule has 4 aromatic rings. The summed E-state index contributed by atoms with van der Waals surface area (Å²) in [5, 5.41) is 16.4. The summed E-state index contributed by atoms with van der Waals surface area (Å²) in [5.74, 6) is 0.782. The monoisotopic (exact) mass is 425 g/mol. The molecule has 32 heavy (non-hydrogen) atoms. The molecule has 1 aliphatic rings. The molecule has 0 bridgehead atoms. The number of anilines is 5. The number of rotatable bonds is 5. The largest absolute Gasteiger partial charge is 0.369 e. The molecule has 1 saturated heterocycles. The molecule has 0 saturated carbocycles. The van der Waals surface area contributed by atoms with Crippen molar-refractivity contribution in [2.45, 2.75) is 6.92 Å². The maximum atomic E-state index is 4.48. The van der Waals surface area contributed by atoms with Crippen molar-refractivity contribution in [2.24, 2.45) is 0 Å². The van der Waals surface area contributed by atoms with Crippen molar-refractivity contribution in [1.29, 1.82) is 0 Å². The molecular weight excluding hydrogens is 398 g/mol. The van der Waals surface area contributed by atoms with Crippen molar-refractivity contribution >= 4 is 39.5 Å². The Morgan fingerprint density at radius 1 is 0.875 bits per heavy atom. The Labute approximate surface area is 188 Å². The minimum Gasteiger partial charge on any atom is -0.369 e. The van der Waals surface area contributed by atoms with Gasteiger partial charge in [-0.25, -0.2) is 4.98 Å². The average Bonchev–Trinajstić information content (AvgIpc) is 2.81. The van der Waals surface area contributed by atoms with Crippen LogP contribution >= 0.6 is 0 Å². The average molecular weight is 426 g/mol. The van der Waals surface area contributed by atoms with Crippen molar-refractivity contribution in [1.82, 2.24) is 20.1 Å². The third-order valence-electron chi connectivity index (χ3n) is 5.92. The summed E-state index contributed by atoms with van der Waals surface area (Å²) >= 11 is 0. The topological polar surface area (TPSA) is 69.2 Å². The van der Waals surface area contributed by atoms with Gasteiger partial charge in [0.15, 0.2) is 0 Å². The van der Waals surface area contributed by atoms with Crippen LogP contribution in [0, 0.1) is 6.92 Å². The Kier molecular flexibility index (Phi) is 5.56. The molecule has 0 amide bonds. The summed E-state index contributed by atoms with van der Waals surface area (Å²) in [7, 11) is 2.18. The molecule has 2 N–H and O–H groups in total. The molecule has 0 radical (unpaired) electrons. The molecule has 162 valence electrons. The van der Waals surface area contributed by atoms with E-state index >= 15 is 0 Å². The highest BCUT2D eigenvalue weighted by molar-refractivity contribution is 5.93. The number of pyridine rings is 1. The maximum absolute atomic E-state index is 4.48. The summed E-state index contributed by atoms with van der Waals surface area (Å²) < 4.78 is 0. The highest BCUT2D eigenvalue weighted by Crippen LogP contribution is 2.27. The molecular formula is C25H27N7. The number of likely N-dealkylation sites (N-methyl/N-ethyl adjacent to an activating group) is 1. The Hall–Kier alpha value is -3.71. The molecule has 1 fully saturated rings. The summed E-state index contributed by atoms with van der Waals surface area (Å²) in [6.07, 6.45) is 3.55. The number of nitrogens with one attached hydrogen (secondary N) is 2. The van der Waals surface area contributed by atoms with Gasteiger partial charge in [0.1, 0.15) is 5.82 Å². The molecule has 7 heteroatoms. The number of aryl methyl sites for hydroxylation is 1. The van der Waals surface area contributed by atoms with Crippen molar-refractivity contribution < 1.29 is 0 Å². The van der Waals surface area contributed by atoms with E-state index in [1.165, 1.54) is 5.69 Å². The zero-order chi connectivity index (χ0) is 21.9. The first-order chi connectivity index (χ1) is 15.7. The number of aromatic nitrogens is 3. The first-order valence-corrected chi connectivity index (χ1v) is 10.9. The number of nitrogens with zero attached hydrogens (tertiary/aromatic N) is 5. The standard InChI is InChI=1S/C25H27N7/c1-18-4-3-5-22-23(17-27-30-25(18)22)28-20-10-11-26-24(16-20)29-19-6-8-21(9-7-19)32-14-12-31(2)13-15-32/h3-11,16-17H,12-15H2,1-2H3,(H2,26,28,29,30). The predicted molar refractivity (Wildman–Crippen MR) is 131 cm³/mol. The van der Waals surface area contributed by atoms with Crippen LogP contribution in [0.25, 0.3) is 10.9 Å². The lowest BCUT2D eigenvalue weighted by Crippen LogP contribution is -2.44. The lowest BCUT2D eigenvalue weighted by atomic mass is 10.1. The van der Waals surface area contributed by atoms with E-state index in [0.717, 1.165) is 65.5 Å². The second-order valence-electron chi connectivity index (χ2n) is 8.25. The van der Waals surface area contributed by atoms with Crippen LogP contribution in [0.5, 0.6) is 0 Å². The van der Waals surface area contributed by atoms with Crippen LogP contribution in [-0.4, -0.2) is 53.3 Å². The van der Waals surface area contributed by atoms with E-state index in [0.29, 0.717) is 0 Å². The van der Waals surface area contributed by atoms with Crippen LogP contribution < -0.4 is 15.5 Å². The molecule has 3 heterocycles. The van der Waals surface area contributed by atoms with Crippen LogP contribution in [0.3, 0.4) is 0 Å². The molecule has 2 aromatic carbocycles. The van der Waals surface area contributed by atoms with Crippen LogP contribution in [-0.2, 0) is 0 Å². The molecule has 5 rings (SSSR count). The number of hydrogen-bond donors (Lipinski definition) is 2. The third-order valence-corrected chi connectivity index (χ3v) is 5.92. The van der Waals surface area contributed by atoms with Crippen molar-refractivity contribution in [2.75, 3.05) is 48.8 Å². The number of fused-ring (bicyclic) bond motifs is 1. The highest BCUT2D eigenvalue weighted by atomic mass is 15.2. The summed E-state index contributed by atoms with van der Waals surface area (Å²) in [5.41, 5.74) is 6.15. The van der Waals surface area contributed by atoms with E-state index in [-0.39, 0.29) is 0 Å². The van der Waals surface area contributed by atoms with Crippen molar-refractivity contribution in [3.05, 3.63) is 72.6 Å². The van der Waals surface area contributed by atoms with E-state index in [9.17, 15) is 0 Å². The number of piperazine rings is 1. The van der Waals surface area contributed by atoms with Gasteiger partial charge < -0.3 is 20.4 Å². The lowest BCUT2D eigenvalue weighted by molar-refractivity contribution is 0.313. The van der Waals surface area contributed by atoms with Gasteiger partial charge in [-0.05, 0) is 49.9 Å². The van der Waals surface area contributed by atoms with Crippen molar-refractivity contribution in [3.63, 3.8) is 0 Å². The molecule has 0 unspecified atom stereocenters. The first kappa shape index (κ1) is 20.2. The van der Waals surface area contributed by atoms with E-state index in [1.807, 2.05) is 31.2 Å². The molecule has 1 aliphatic heterocycles. The Morgan fingerprint density at radius 2 is 1.69 bits per heavy atom. The van der Waals surface area contributed by atoms with Gasteiger partial charge >= 0.3 is 0 Å². The maximum Gasteiger partial charge on any atom is 0.132 e. The van der Waals surface area contributed by atoms with Gasteiger partial charge in [-0.3, -0.25) is 0 Å². The molecule has 0 atom stereocenters. The molecule has 7 nitrogen and oxygen atoms in total. The quantitative estimate of drug-likeness (QED) is 0.485. The minimum absolute atomic E-state index is 0.782. The molecule has 0 aliphatic carbocycles. The normalized spacial score (nSPS) is 14.5. The smallest absolute Gasteiger partial charge is 0.132 e. The predicted octanol–water partition coefficient (Wildman–Crippen LogP) is 4.57. The van der Waals surface area contributed by atoms with Gasteiger partial charge in [0.2, 0.25) is 0 Å². The van der Waals surface area contributed by atoms with Gasteiger partial charge in [-0.2, -0.15) is 10.2 Å². The SMILES string of the molecule is Cc1cccc2c(Nc3ccnc(Nc4ccc(N5CCN(C)CC5)cc4)c3)cnnc12. The van der Waals surface area contributed by atoms with E-state index in [1.54, 1.807) is 12.4 Å². The second-order valence-corrected chi connectivity index (χ2v) is 8.25. The van der Waals surface area contributed by atoms with Crippen LogP contribution in [0.4, 0.5) is 28.6 Å². The van der Waals surface area contributed by atoms with Crippen LogP contribution in [0.2, 0.25) is 0 Å². The van der Waals surface area contributed by atoms with E-state index in [2.05, 4.69) is 73.0 Å². The molecule has 2 aromatic heterocycles. The van der Waals surface area contributed by atoms with Gasteiger partial charge in [0.25, 0.3) is 0 Å². The minimum atomic E-state index is 0.782. The number of benzene rings is 2. The van der Waals surface area contributed by atoms with Gasteiger partial charge in [0, 0.05) is 60.9 Å².